The van der Waals surface area contributed by atoms with E-state index in [1.54, 1.807) is 0 Å². The first kappa shape index (κ1) is 14.2. The molecule has 7 heteroatoms. The van der Waals surface area contributed by atoms with Crippen LogP contribution < -0.4 is 10.1 Å². The fourth-order valence-corrected chi connectivity index (χ4v) is 1.79. The summed E-state index contributed by atoms with van der Waals surface area (Å²) in [5.74, 6) is -2.15. The Hall–Kier alpha value is -2.18. The van der Waals surface area contributed by atoms with Crippen molar-refractivity contribution in [2.45, 2.75) is 12.8 Å². The average Bonchev–Trinajstić information content (AvgIpc) is 3.18. The maximum atomic E-state index is 11.9. The number of halogens is 2. The van der Waals surface area contributed by atoms with Gasteiger partial charge in [0.25, 0.3) is 6.43 Å². The van der Waals surface area contributed by atoms with Gasteiger partial charge in [-0.05, 0) is 30.7 Å². The van der Waals surface area contributed by atoms with Crippen LogP contribution in [0.2, 0.25) is 0 Å². The molecule has 1 amide bonds. The lowest BCUT2D eigenvalue weighted by molar-refractivity contribution is -0.139. The van der Waals surface area contributed by atoms with Crippen molar-refractivity contribution >= 4 is 17.6 Å². The zero-order chi connectivity index (χ0) is 14.7. The van der Waals surface area contributed by atoms with E-state index in [1.165, 1.54) is 24.3 Å². The Morgan fingerprint density at radius 2 is 1.95 bits per heavy atom. The van der Waals surface area contributed by atoms with Gasteiger partial charge in [0.1, 0.15) is 12.4 Å². The van der Waals surface area contributed by atoms with Gasteiger partial charge in [-0.25, -0.2) is 8.78 Å². The van der Waals surface area contributed by atoms with Crippen molar-refractivity contribution in [2.75, 3.05) is 11.9 Å². The summed E-state index contributed by atoms with van der Waals surface area (Å²) >= 11 is 0. The van der Waals surface area contributed by atoms with Gasteiger partial charge in [0.05, 0.1) is 11.8 Å². The van der Waals surface area contributed by atoms with Crippen molar-refractivity contribution < 1.29 is 28.2 Å². The van der Waals surface area contributed by atoms with Crippen LogP contribution in [0.5, 0.6) is 5.75 Å². The number of hydrogen-bond acceptors (Lipinski definition) is 3. The van der Waals surface area contributed by atoms with Crippen LogP contribution in [0.15, 0.2) is 24.3 Å². The number of hydrogen-bond donors (Lipinski definition) is 2. The highest BCUT2D eigenvalue weighted by molar-refractivity contribution is 5.98. The Labute approximate surface area is 113 Å². The van der Waals surface area contributed by atoms with E-state index < -0.39 is 30.8 Å². The molecule has 2 atom stereocenters. The van der Waals surface area contributed by atoms with Crippen LogP contribution in [-0.4, -0.2) is 30.0 Å². The maximum Gasteiger partial charge on any atom is 0.307 e. The van der Waals surface area contributed by atoms with Gasteiger partial charge in [-0.2, -0.15) is 0 Å². The molecule has 0 saturated heterocycles. The number of benzene rings is 1. The topological polar surface area (TPSA) is 75.6 Å². The van der Waals surface area contributed by atoms with Gasteiger partial charge in [-0.1, -0.05) is 0 Å². The van der Waals surface area contributed by atoms with Crippen LogP contribution in [0.4, 0.5) is 14.5 Å². The van der Waals surface area contributed by atoms with Crippen molar-refractivity contribution in [2.24, 2.45) is 11.8 Å². The summed E-state index contributed by atoms with van der Waals surface area (Å²) < 4.78 is 28.7. The molecule has 1 saturated carbocycles. The molecule has 1 aromatic rings. The van der Waals surface area contributed by atoms with Gasteiger partial charge in [0, 0.05) is 5.69 Å². The zero-order valence-corrected chi connectivity index (χ0v) is 10.4. The normalized spacial score (nSPS) is 20.6. The molecule has 1 aromatic carbocycles. The van der Waals surface area contributed by atoms with E-state index in [-0.39, 0.29) is 11.7 Å². The summed E-state index contributed by atoms with van der Waals surface area (Å²) in [6, 6.07) is 5.94. The Morgan fingerprint density at radius 3 is 2.45 bits per heavy atom. The number of anilines is 1. The summed E-state index contributed by atoms with van der Waals surface area (Å²) in [6.45, 7) is -0.686. The number of carbonyl (C=O) groups excluding carboxylic acids is 1. The minimum Gasteiger partial charge on any atom is -0.488 e. The number of alkyl halides is 2. The van der Waals surface area contributed by atoms with Gasteiger partial charge in [0.2, 0.25) is 5.91 Å². The number of ether oxygens (including phenoxy) is 1. The molecule has 0 bridgehead atoms. The second-order valence-electron chi connectivity index (χ2n) is 4.50. The standard InChI is InChI=1S/C13H13F2NO4/c14-11(15)6-20-8-3-1-7(2-4-8)16-12(17)9-5-10(9)13(18)19/h1-4,9-11H,5-6H2,(H,16,17)(H,18,19)/t9-,10-/m0/s1. The van der Waals surface area contributed by atoms with Crippen molar-refractivity contribution in [1.82, 2.24) is 0 Å². The van der Waals surface area contributed by atoms with Crippen LogP contribution in [0, 0.1) is 11.8 Å². The van der Waals surface area contributed by atoms with E-state index in [9.17, 15) is 18.4 Å². The highest BCUT2D eigenvalue weighted by atomic mass is 19.3. The predicted octanol–water partition coefficient (Wildman–Crippen LogP) is 1.99. The van der Waals surface area contributed by atoms with E-state index in [0.717, 1.165) is 0 Å². The number of amides is 1. The van der Waals surface area contributed by atoms with Crippen LogP contribution in [-0.2, 0) is 9.59 Å². The van der Waals surface area contributed by atoms with Crippen LogP contribution in [0.25, 0.3) is 0 Å². The number of carboxylic acids is 1. The van der Waals surface area contributed by atoms with Crippen LogP contribution in [0.3, 0.4) is 0 Å². The largest absolute Gasteiger partial charge is 0.488 e. The molecular weight excluding hydrogens is 272 g/mol. The Kier molecular flexibility index (Phi) is 4.16. The maximum absolute atomic E-state index is 11.9. The lowest BCUT2D eigenvalue weighted by atomic mass is 10.2. The quantitative estimate of drug-likeness (QED) is 0.838. The van der Waals surface area contributed by atoms with Gasteiger partial charge in [-0.3, -0.25) is 9.59 Å². The van der Waals surface area contributed by atoms with Gasteiger partial charge in [0.15, 0.2) is 0 Å². The number of aliphatic carboxylic acids is 1. The summed E-state index contributed by atoms with van der Waals surface area (Å²) in [4.78, 5) is 22.3. The fourth-order valence-electron chi connectivity index (χ4n) is 1.79. The average molecular weight is 285 g/mol. The molecule has 0 spiro atoms. The lowest BCUT2D eigenvalue weighted by Gasteiger charge is -2.07. The number of nitrogens with one attached hydrogen (secondary N) is 1. The van der Waals surface area contributed by atoms with Gasteiger partial charge in [-0.15, -0.1) is 0 Å². The highest BCUT2D eigenvalue weighted by Gasteiger charge is 2.48. The molecule has 0 heterocycles. The second-order valence-corrected chi connectivity index (χ2v) is 4.50. The minimum absolute atomic E-state index is 0.276. The number of carbonyl (C=O) groups is 2. The molecule has 1 aliphatic carbocycles. The Morgan fingerprint density at radius 1 is 1.30 bits per heavy atom. The molecular formula is C13H13F2NO4. The smallest absolute Gasteiger partial charge is 0.307 e. The summed E-state index contributed by atoms with van der Waals surface area (Å²) in [5.41, 5.74) is 0.468. The molecule has 0 aliphatic heterocycles. The minimum atomic E-state index is -2.54. The van der Waals surface area contributed by atoms with Gasteiger partial charge < -0.3 is 15.2 Å². The monoisotopic (exact) mass is 285 g/mol. The van der Waals surface area contributed by atoms with E-state index in [4.69, 9.17) is 9.84 Å². The van der Waals surface area contributed by atoms with Crippen LogP contribution >= 0.6 is 0 Å². The van der Waals surface area contributed by atoms with Crippen LogP contribution in [0.1, 0.15) is 6.42 Å². The van der Waals surface area contributed by atoms with Gasteiger partial charge >= 0.3 is 5.97 Å². The van der Waals surface area contributed by atoms with Crippen molar-refractivity contribution in [3.8, 4) is 5.75 Å². The predicted molar refractivity (Wildman–Crippen MR) is 65.8 cm³/mol. The first-order chi connectivity index (χ1) is 9.47. The highest BCUT2D eigenvalue weighted by Crippen LogP contribution is 2.39. The summed E-state index contributed by atoms with van der Waals surface area (Å²) in [5, 5.41) is 11.3. The third-order valence-electron chi connectivity index (χ3n) is 2.94. The van der Waals surface area contributed by atoms with E-state index in [0.29, 0.717) is 12.1 Å². The molecule has 0 radical (unpaired) electrons. The first-order valence-corrected chi connectivity index (χ1v) is 6.02. The Bertz CT molecular complexity index is 504. The number of rotatable bonds is 6. The first-order valence-electron chi connectivity index (χ1n) is 6.02. The zero-order valence-electron chi connectivity index (χ0n) is 10.4. The summed E-state index contributed by atoms with van der Waals surface area (Å²) in [7, 11) is 0. The fraction of sp³-hybridized carbons (Fsp3) is 0.385. The van der Waals surface area contributed by atoms with Crippen molar-refractivity contribution in [3.05, 3.63) is 24.3 Å². The number of carboxylic acid groups (broad SMARTS) is 1. The molecule has 1 fully saturated rings. The van der Waals surface area contributed by atoms with Crippen molar-refractivity contribution in [1.29, 1.82) is 0 Å². The Balaban J connectivity index is 1.85. The molecule has 0 unspecified atom stereocenters. The molecule has 1 aliphatic rings. The molecule has 2 N–H and O–H groups in total. The third-order valence-corrected chi connectivity index (χ3v) is 2.94. The molecule has 108 valence electrons. The van der Waals surface area contributed by atoms with Crippen molar-refractivity contribution in [3.63, 3.8) is 0 Å². The molecule has 2 rings (SSSR count). The van der Waals surface area contributed by atoms with E-state index in [1.807, 2.05) is 0 Å². The third kappa shape index (κ3) is 3.66. The second kappa shape index (κ2) is 5.85. The summed E-state index contributed by atoms with van der Waals surface area (Å²) in [6.07, 6.45) is -2.20. The van der Waals surface area contributed by atoms with E-state index >= 15 is 0 Å². The lowest BCUT2D eigenvalue weighted by Crippen LogP contribution is -2.16. The molecule has 20 heavy (non-hydrogen) atoms. The van der Waals surface area contributed by atoms with E-state index in [2.05, 4.69) is 5.32 Å². The SMILES string of the molecule is O=C(O)[C@H]1C[C@@H]1C(=O)Nc1ccc(OCC(F)F)cc1. The molecule has 5 nitrogen and oxygen atoms in total. The molecule has 0 aromatic heterocycles.